The van der Waals surface area contributed by atoms with Crippen molar-refractivity contribution in [1.29, 1.82) is 0 Å². The average molecular weight is 214 g/mol. The van der Waals surface area contributed by atoms with Gasteiger partial charge in [0.25, 0.3) is 0 Å². The van der Waals surface area contributed by atoms with Gasteiger partial charge in [-0.1, -0.05) is 19.4 Å². The van der Waals surface area contributed by atoms with Crippen molar-refractivity contribution in [1.82, 2.24) is 0 Å². The van der Waals surface area contributed by atoms with Gasteiger partial charge in [0.05, 0.1) is 6.10 Å². The van der Waals surface area contributed by atoms with Gasteiger partial charge in [0, 0.05) is 6.07 Å². The summed E-state index contributed by atoms with van der Waals surface area (Å²) in [7, 11) is 0. The highest BCUT2D eigenvalue weighted by molar-refractivity contribution is 5.18. The third kappa shape index (κ3) is 3.96. The average Bonchev–Trinajstić information content (AvgIpc) is 2.17. The highest BCUT2D eigenvalue weighted by Gasteiger charge is 2.07. The van der Waals surface area contributed by atoms with E-state index in [1.807, 2.05) is 6.92 Å². The first-order valence-electron chi connectivity index (χ1n) is 5.25. The van der Waals surface area contributed by atoms with E-state index in [1.165, 1.54) is 12.1 Å². The van der Waals surface area contributed by atoms with E-state index in [4.69, 9.17) is 0 Å². The molecule has 1 rings (SSSR count). The highest BCUT2D eigenvalue weighted by atomic mass is 19.1. The van der Waals surface area contributed by atoms with Gasteiger partial charge in [-0.2, -0.15) is 0 Å². The number of hydrogen-bond acceptors (Lipinski definition) is 1. The number of aliphatic hydroxyl groups is 1. The van der Waals surface area contributed by atoms with Crippen LogP contribution >= 0.6 is 0 Å². The van der Waals surface area contributed by atoms with Crippen LogP contribution in [0.2, 0.25) is 0 Å². The second-order valence-electron chi connectivity index (χ2n) is 3.72. The molecule has 0 aliphatic heterocycles. The predicted octanol–water partition coefficient (Wildman–Crippen LogP) is 3.06. The Hall–Kier alpha value is -0.960. The Morgan fingerprint density at radius 2 is 2.00 bits per heavy atom. The summed E-state index contributed by atoms with van der Waals surface area (Å²) in [4.78, 5) is 0. The largest absolute Gasteiger partial charge is 0.393 e. The van der Waals surface area contributed by atoms with Crippen molar-refractivity contribution in [3.63, 3.8) is 0 Å². The number of rotatable bonds is 5. The van der Waals surface area contributed by atoms with Crippen LogP contribution in [0.25, 0.3) is 0 Å². The van der Waals surface area contributed by atoms with E-state index in [0.29, 0.717) is 18.4 Å². The van der Waals surface area contributed by atoms with Crippen LogP contribution in [0.15, 0.2) is 18.2 Å². The molecule has 1 N–H and O–H groups in total. The van der Waals surface area contributed by atoms with Gasteiger partial charge in [0.2, 0.25) is 0 Å². The molecule has 0 saturated carbocycles. The molecule has 84 valence electrons. The van der Waals surface area contributed by atoms with E-state index in [1.54, 1.807) is 0 Å². The molecule has 1 aromatic carbocycles. The van der Waals surface area contributed by atoms with Gasteiger partial charge in [-0.15, -0.1) is 0 Å². The Bertz CT molecular complexity index is 312. The summed E-state index contributed by atoms with van der Waals surface area (Å²) < 4.78 is 25.7. The van der Waals surface area contributed by atoms with Crippen LogP contribution in [0.3, 0.4) is 0 Å². The second kappa shape index (κ2) is 5.81. The fourth-order valence-electron chi connectivity index (χ4n) is 1.52. The zero-order chi connectivity index (χ0) is 11.3. The van der Waals surface area contributed by atoms with E-state index in [0.717, 1.165) is 18.9 Å². The maximum Gasteiger partial charge on any atom is 0.129 e. The number of aryl methyl sites for hydroxylation is 1. The number of benzene rings is 1. The topological polar surface area (TPSA) is 20.2 Å². The summed E-state index contributed by atoms with van der Waals surface area (Å²) in [6.45, 7) is 1.99. The number of aliphatic hydroxyl groups excluding tert-OH is 1. The first-order chi connectivity index (χ1) is 7.13. The van der Waals surface area contributed by atoms with Crippen molar-refractivity contribution in [2.45, 2.75) is 38.7 Å². The van der Waals surface area contributed by atoms with E-state index in [-0.39, 0.29) is 6.10 Å². The fourth-order valence-corrected chi connectivity index (χ4v) is 1.52. The van der Waals surface area contributed by atoms with Gasteiger partial charge in [0.1, 0.15) is 11.6 Å². The summed E-state index contributed by atoms with van der Waals surface area (Å²) in [6, 6.07) is 3.55. The Balaban J connectivity index is 2.50. The minimum atomic E-state index is -0.564. The Kier molecular flexibility index (Phi) is 4.69. The maximum atomic E-state index is 13.2. The third-order valence-corrected chi connectivity index (χ3v) is 2.38. The van der Waals surface area contributed by atoms with Crippen molar-refractivity contribution in [2.75, 3.05) is 0 Å². The number of hydrogen-bond donors (Lipinski definition) is 1. The fraction of sp³-hybridized carbons (Fsp3) is 0.500. The van der Waals surface area contributed by atoms with Crippen molar-refractivity contribution < 1.29 is 13.9 Å². The first-order valence-corrected chi connectivity index (χ1v) is 5.25. The molecule has 1 nitrogen and oxygen atoms in total. The van der Waals surface area contributed by atoms with Crippen LogP contribution in [0.1, 0.15) is 31.7 Å². The van der Waals surface area contributed by atoms with E-state index >= 15 is 0 Å². The molecule has 15 heavy (non-hydrogen) atoms. The summed E-state index contributed by atoms with van der Waals surface area (Å²) in [6.07, 6.45) is 2.22. The van der Waals surface area contributed by atoms with Gasteiger partial charge < -0.3 is 5.11 Å². The lowest BCUT2D eigenvalue weighted by Gasteiger charge is -2.09. The minimum absolute atomic E-state index is 0.389. The van der Waals surface area contributed by atoms with E-state index < -0.39 is 11.6 Å². The first kappa shape index (κ1) is 12.1. The molecule has 0 fully saturated rings. The van der Waals surface area contributed by atoms with Gasteiger partial charge in [-0.05, 0) is 30.9 Å². The Labute approximate surface area is 88.7 Å². The monoisotopic (exact) mass is 214 g/mol. The summed E-state index contributed by atoms with van der Waals surface area (Å²) >= 11 is 0. The van der Waals surface area contributed by atoms with E-state index in [9.17, 15) is 13.9 Å². The molecule has 0 bridgehead atoms. The zero-order valence-electron chi connectivity index (χ0n) is 8.84. The van der Waals surface area contributed by atoms with Gasteiger partial charge in [0.15, 0.2) is 0 Å². The molecular formula is C12H16F2O. The lowest BCUT2D eigenvalue weighted by atomic mass is 10.0. The standard InChI is InChI=1S/C12H16F2O/c1-2-3-11(15)7-5-9-4-6-10(13)8-12(9)14/h4,6,8,11,15H,2-3,5,7H2,1H3. The van der Waals surface area contributed by atoms with Crippen molar-refractivity contribution in [2.24, 2.45) is 0 Å². The lowest BCUT2D eigenvalue weighted by Crippen LogP contribution is -2.07. The van der Waals surface area contributed by atoms with Gasteiger partial charge in [-0.3, -0.25) is 0 Å². The van der Waals surface area contributed by atoms with Crippen LogP contribution in [0.4, 0.5) is 8.78 Å². The van der Waals surface area contributed by atoms with Crippen LogP contribution in [-0.4, -0.2) is 11.2 Å². The zero-order valence-corrected chi connectivity index (χ0v) is 8.84. The Morgan fingerprint density at radius 1 is 1.27 bits per heavy atom. The summed E-state index contributed by atoms with van der Waals surface area (Å²) in [5, 5.41) is 9.46. The molecule has 0 radical (unpaired) electrons. The van der Waals surface area contributed by atoms with Gasteiger partial charge in [-0.25, -0.2) is 8.78 Å². The van der Waals surface area contributed by atoms with Crippen LogP contribution < -0.4 is 0 Å². The van der Waals surface area contributed by atoms with Crippen LogP contribution in [0, 0.1) is 11.6 Å². The molecule has 0 aromatic heterocycles. The summed E-state index contributed by atoms with van der Waals surface area (Å²) in [5.41, 5.74) is 0.464. The molecule has 0 heterocycles. The molecule has 1 unspecified atom stereocenters. The summed E-state index contributed by atoms with van der Waals surface area (Å²) in [5.74, 6) is -1.09. The molecule has 0 spiro atoms. The lowest BCUT2D eigenvalue weighted by molar-refractivity contribution is 0.153. The molecule has 0 amide bonds. The molecule has 1 aromatic rings. The van der Waals surface area contributed by atoms with Crippen molar-refractivity contribution >= 4 is 0 Å². The normalized spacial score (nSPS) is 12.8. The quantitative estimate of drug-likeness (QED) is 0.798. The van der Waals surface area contributed by atoms with Crippen molar-refractivity contribution in [3.05, 3.63) is 35.4 Å². The Morgan fingerprint density at radius 3 is 2.60 bits per heavy atom. The molecule has 0 aliphatic carbocycles. The molecule has 0 aliphatic rings. The maximum absolute atomic E-state index is 13.2. The molecular weight excluding hydrogens is 198 g/mol. The van der Waals surface area contributed by atoms with Crippen molar-refractivity contribution in [3.8, 4) is 0 Å². The highest BCUT2D eigenvalue weighted by Crippen LogP contribution is 2.13. The second-order valence-corrected chi connectivity index (χ2v) is 3.72. The third-order valence-electron chi connectivity index (χ3n) is 2.38. The van der Waals surface area contributed by atoms with E-state index in [2.05, 4.69) is 0 Å². The molecule has 3 heteroatoms. The van der Waals surface area contributed by atoms with Crippen LogP contribution in [-0.2, 0) is 6.42 Å². The van der Waals surface area contributed by atoms with Gasteiger partial charge >= 0.3 is 0 Å². The molecule has 0 saturated heterocycles. The number of halogens is 2. The SMILES string of the molecule is CCCC(O)CCc1ccc(F)cc1F. The molecule has 1 atom stereocenters. The van der Waals surface area contributed by atoms with Crippen LogP contribution in [0.5, 0.6) is 0 Å². The smallest absolute Gasteiger partial charge is 0.129 e. The predicted molar refractivity (Wildman–Crippen MR) is 55.6 cm³/mol. The minimum Gasteiger partial charge on any atom is -0.393 e.